The van der Waals surface area contributed by atoms with Crippen LogP contribution >= 0.6 is 0 Å². The Morgan fingerprint density at radius 1 is 1.00 bits per heavy atom. The minimum absolute atomic E-state index is 0.105. The van der Waals surface area contributed by atoms with Gasteiger partial charge < -0.3 is 24.8 Å². The molecule has 0 unspecified atom stereocenters. The van der Waals surface area contributed by atoms with E-state index in [4.69, 9.17) is 14.6 Å². The second-order valence-electron chi connectivity index (χ2n) is 8.02. The van der Waals surface area contributed by atoms with Gasteiger partial charge in [0.1, 0.15) is 18.2 Å². The maximum Gasteiger partial charge on any atom is 0.243 e. The van der Waals surface area contributed by atoms with E-state index in [9.17, 15) is 8.42 Å². The van der Waals surface area contributed by atoms with Gasteiger partial charge in [-0.15, -0.1) is 0 Å². The average molecular weight is 500 g/mol. The molecule has 3 aromatic rings. The van der Waals surface area contributed by atoms with E-state index in [0.29, 0.717) is 49.6 Å². The zero-order chi connectivity index (χ0) is 24.8. The number of piperazine rings is 1. The molecule has 11 heteroatoms. The van der Waals surface area contributed by atoms with Gasteiger partial charge in [0.15, 0.2) is 0 Å². The summed E-state index contributed by atoms with van der Waals surface area (Å²) in [6.45, 7) is 3.41. The fourth-order valence-corrected chi connectivity index (χ4v) is 5.07. The van der Waals surface area contributed by atoms with E-state index in [1.54, 1.807) is 30.3 Å². The zero-order valence-electron chi connectivity index (χ0n) is 19.7. The Morgan fingerprint density at radius 3 is 2.31 bits per heavy atom. The molecule has 0 spiro atoms. The van der Waals surface area contributed by atoms with Crippen LogP contribution in [0.2, 0.25) is 0 Å². The van der Waals surface area contributed by atoms with Gasteiger partial charge in [0.2, 0.25) is 21.9 Å². The smallest absolute Gasteiger partial charge is 0.243 e. The fraction of sp³-hybridized carbons (Fsp3) is 0.333. The van der Waals surface area contributed by atoms with Crippen LogP contribution in [0.3, 0.4) is 0 Å². The molecule has 1 aliphatic rings. The minimum Gasteiger partial charge on any atom is -0.497 e. The molecule has 2 heterocycles. The molecule has 1 saturated heterocycles. The van der Waals surface area contributed by atoms with Gasteiger partial charge in [0.25, 0.3) is 0 Å². The summed E-state index contributed by atoms with van der Waals surface area (Å²) < 4.78 is 38.3. The Kier molecular flexibility index (Phi) is 7.69. The number of benzene rings is 2. The van der Waals surface area contributed by atoms with E-state index in [1.807, 2.05) is 36.1 Å². The summed E-state index contributed by atoms with van der Waals surface area (Å²) >= 11 is 0. The van der Waals surface area contributed by atoms with Gasteiger partial charge in [-0.2, -0.15) is 14.3 Å². The maximum absolute atomic E-state index is 13.1. The number of rotatable bonds is 9. The van der Waals surface area contributed by atoms with Crippen molar-refractivity contribution in [2.24, 2.45) is 0 Å². The fourth-order valence-electron chi connectivity index (χ4n) is 3.65. The molecule has 0 bridgehead atoms. The number of methoxy groups -OCH3 is 1. The summed E-state index contributed by atoms with van der Waals surface area (Å²) in [6, 6.07) is 15.9. The molecule has 2 aromatic carbocycles. The van der Waals surface area contributed by atoms with Crippen LogP contribution in [0.25, 0.3) is 0 Å². The highest BCUT2D eigenvalue weighted by atomic mass is 32.2. The number of anilines is 3. The Bertz CT molecular complexity index is 1230. The summed E-state index contributed by atoms with van der Waals surface area (Å²) in [5.74, 6) is 1.90. The average Bonchev–Trinajstić information content (AvgIpc) is 2.89. The van der Waals surface area contributed by atoms with E-state index < -0.39 is 10.0 Å². The van der Waals surface area contributed by atoms with Gasteiger partial charge in [-0.05, 0) is 43.3 Å². The first-order valence-electron chi connectivity index (χ1n) is 11.2. The van der Waals surface area contributed by atoms with Crippen molar-refractivity contribution in [1.82, 2.24) is 14.3 Å². The predicted octanol–water partition coefficient (Wildman–Crippen LogP) is 2.42. The van der Waals surface area contributed by atoms with Gasteiger partial charge in [-0.1, -0.05) is 17.7 Å². The topological polar surface area (TPSA) is 117 Å². The number of nitrogens with zero attached hydrogens (tertiary/aromatic N) is 4. The van der Waals surface area contributed by atoms with E-state index in [0.717, 1.165) is 11.3 Å². The highest BCUT2D eigenvalue weighted by molar-refractivity contribution is 7.89. The van der Waals surface area contributed by atoms with Crippen LogP contribution in [0.15, 0.2) is 59.5 Å². The number of aliphatic hydroxyl groups excluding tert-OH is 1. The Labute approximate surface area is 205 Å². The molecule has 1 aliphatic heterocycles. The zero-order valence-corrected chi connectivity index (χ0v) is 20.5. The van der Waals surface area contributed by atoms with Gasteiger partial charge in [0.05, 0.1) is 18.6 Å². The second kappa shape index (κ2) is 10.9. The van der Waals surface area contributed by atoms with Crippen LogP contribution in [0.4, 0.5) is 17.5 Å². The van der Waals surface area contributed by atoms with E-state index in [-0.39, 0.29) is 18.1 Å². The quantitative estimate of drug-likeness (QED) is 0.458. The van der Waals surface area contributed by atoms with Crippen molar-refractivity contribution in [2.45, 2.75) is 11.8 Å². The molecule has 35 heavy (non-hydrogen) atoms. The standard InChI is InChI=1S/C24H29N5O5S/c1-18-3-5-19(6-4-18)25-22-17-23(34-16-15-30)27-24(26-22)28-11-13-29(14-12-28)35(31,32)21-9-7-20(33-2)8-10-21/h3-10,17,30H,11-16H2,1-2H3,(H,25,26,27). The van der Waals surface area contributed by atoms with Crippen LogP contribution in [0, 0.1) is 6.92 Å². The molecule has 2 N–H and O–H groups in total. The van der Waals surface area contributed by atoms with E-state index in [2.05, 4.69) is 15.3 Å². The third-order valence-electron chi connectivity index (χ3n) is 5.57. The van der Waals surface area contributed by atoms with Crippen molar-refractivity contribution < 1.29 is 23.0 Å². The van der Waals surface area contributed by atoms with Crippen molar-refractivity contribution in [1.29, 1.82) is 0 Å². The summed E-state index contributed by atoms with van der Waals surface area (Å²) in [5, 5.41) is 12.4. The summed E-state index contributed by atoms with van der Waals surface area (Å²) in [6.07, 6.45) is 0. The normalized spacial score (nSPS) is 14.5. The Morgan fingerprint density at radius 2 is 1.69 bits per heavy atom. The molecular weight excluding hydrogens is 470 g/mol. The third kappa shape index (κ3) is 5.99. The monoisotopic (exact) mass is 499 g/mol. The van der Waals surface area contributed by atoms with E-state index in [1.165, 1.54) is 11.4 Å². The molecule has 0 saturated carbocycles. The molecule has 186 valence electrons. The highest BCUT2D eigenvalue weighted by Gasteiger charge is 2.29. The number of sulfonamides is 1. The van der Waals surface area contributed by atoms with Crippen LogP contribution < -0.4 is 19.7 Å². The van der Waals surface area contributed by atoms with Crippen molar-refractivity contribution in [3.63, 3.8) is 0 Å². The van der Waals surface area contributed by atoms with Gasteiger partial charge >= 0.3 is 0 Å². The molecule has 0 amide bonds. The van der Waals surface area contributed by atoms with Crippen LogP contribution in [-0.2, 0) is 10.0 Å². The first-order chi connectivity index (χ1) is 16.9. The molecular formula is C24H29N5O5S. The number of hydrogen-bond acceptors (Lipinski definition) is 9. The Balaban J connectivity index is 1.49. The molecule has 1 fully saturated rings. The largest absolute Gasteiger partial charge is 0.497 e. The lowest BCUT2D eigenvalue weighted by atomic mass is 10.2. The summed E-state index contributed by atoms with van der Waals surface area (Å²) in [5.41, 5.74) is 2.01. The molecule has 4 rings (SSSR count). The molecule has 0 atom stereocenters. The minimum atomic E-state index is -3.62. The Hall–Kier alpha value is -3.41. The van der Waals surface area contributed by atoms with Crippen LogP contribution in [-0.4, -0.2) is 74.3 Å². The number of nitrogens with one attached hydrogen (secondary N) is 1. The maximum atomic E-state index is 13.1. The van der Waals surface area contributed by atoms with Crippen LogP contribution in [0.1, 0.15) is 5.56 Å². The van der Waals surface area contributed by atoms with Gasteiger partial charge in [-0.3, -0.25) is 0 Å². The van der Waals surface area contributed by atoms with Gasteiger partial charge in [0, 0.05) is 37.9 Å². The summed E-state index contributed by atoms with van der Waals surface area (Å²) in [7, 11) is -2.08. The number of hydrogen-bond donors (Lipinski definition) is 2. The summed E-state index contributed by atoms with van der Waals surface area (Å²) in [4.78, 5) is 11.3. The highest BCUT2D eigenvalue weighted by Crippen LogP contribution is 2.25. The van der Waals surface area contributed by atoms with E-state index >= 15 is 0 Å². The van der Waals surface area contributed by atoms with Crippen molar-refractivity contribution in [2.75, 3.05) is 56.7 Å². The van der Waals surface area contributed by atoms with Crippen molar-refractivity contribution in [3.8, 4) is 11.6 Å². The van der Waals surface area contributed by atoms with Gasteiger partial charge in [-0.25, -0.2) is 8.42 Å². The second-order valence-corrected chi connectivity index (χ2v) is 9.96. The number of aromatic nitrogens is 2. The molecule has 0 aliphatic carbocycles. The molecule has 10 nitrogen and oxygen atoms in total. The third-order valence-corrected chi connectivity index (χ3v) is 7.49. The van der Waals surface area contributed by atoms with Crippen molar-refractivity contribution >= 4 is 27.5 Å². The number of aryl methyl sites for hydroxylation is 1. The lowest BCUT2D eigenvalue weighted by molar-refractivity contribution is 0.196. The predicted molar refractivity (Wildman–Crippen MR) is 133 cm³/mol. The van der Waals surface area contributed by atoms with Crippen molar-refractivity contribution in [3.05, 3.63) is 60.2 Å². The molecule has 1 aromatic heterocycles. The first-order valence-corrected chi connectivity index (χ1v) is 12.7. The number of aliphatic hydroxyl groups is 1. The molecule has 0 radical (unpaired) electrons. The number of ether oxygens (including phenoxy) is 2. The SMILES string of the molecule is COc1ccc(S(=O)(=O)N2CCN(c3nc(Nc4ccc(C)cc4)cc(OCCO)n3)CC2)cc1. The van der Waals surface area contributed by atoms with Crippen LogP contribution in [0.5, 0.6) is 11.6 Å². The lowest BCUT2D eigenvalue weighted by Crippen LogP contribution is -2.49. The first kappa shape index (κ1) is 24.7. The lowest BCUT2D eigenvalue weighted by Gasteiger charge is -2.34.